The summed E-state index contributed by atoms with van der Waals surface area (Å²) in [5, 5.41) is 8.40. The number of carbonyl (C=O) groups is 1. The molecule has 26 heavy (non-hydrogen) atoms. The van der Waals surface area contributed by atoms with Crippen molar-refractivity contribution in [3.63, 3.8) is 0 Å². The molecule has 4 aromatic rings. The fourth-order valence-corrected chi connectivity index (χ4v) is 3.04. The highest BCUT2D eigenvalue weighted by atomic mass is 19.1. The predicted molar refractivity (Wildman–Crippen MR) is 103 cm³/mol. The Labute approximate surface area is 149 Å². The van der Waals surface area contributed by atoms with Crippen molar-refractivity contribution in [3.05, 3.63) is 95.8 Å². The van der Waals surface area contributed by atoms with Crippen LogP contribution in [-0.4, -0.2) is 12.1 Å². The van der Waals surface area contributed by atoms with E-state index < -0.39 is 11.7 Å². The molecular formula is C22H15FN2O. The summed E-state index contributed by atoms with van der Waals surface area (Å²) in [6.45, 7) is 0. The number of carbonyl (C=O) groups excluding carboxylic acids is 1. The third kappa shape index (κ3) is 3.05. The second-order valence-electron chi connectivity index (χ2n) is 5.94. The Hall–Kier alpha value is -3.53. The number of hydrogen-bond donors (Lipinski definition) is 1. The highest BCUT2D eigenvalue weighted by Crippen LogP contribution is 2.27. The summed E-state index contributed by atoms with van der Waals surface area (Å²) in [6, 6.07) is 23.7. The van der Waals surface area contributed by atoms with Gasteiger partial charge in [0, 0.05) is 11.1 Å². The fourth-order valence-electron chi connectivity index (χ4n) is 3.04. The number of fused-ring (bicyclic) bond motifs is 2. The van der Waals surface area contributed by atoms with Crippen LogP contribution < -0.4 is 5.43 Å². The smallest absolute Gasteiger partial charge is 0.267 e. The molecule has 0 unspecified atom stereocenters. The van der Waals surface area contributed by atoms with E-state index in [0.717, 1.165) is 27.1 Å². The Kier molecular flexibility index (Phi) is 4.15. The maximum absolute atomic E-state index is 13.2. The van der Waals surface area contributed by atoms with Gasteiger partial charge in [0.2, 0.25) is 0 Å². The van der Waals surface area contributed by atoms with Crippen molar-refractivity contribution in [3.8, 4) is 0 Å². The van der Waals surface area contributed by atoms with Gasteiger partial charge in [0.1, 0.15) is 5.82 Å². The molecule has 0 fully saturated rings. The van der Waals surface area contributed by atoms with Crippen molar-refractivity contribution in [1.82, 2.24) is 5.43 Å². The lowest BCUT2D eigenvalue weighted by Crippen LogP contribution is -2.17. The third-order valence-corrected chi connectivity index (χ3v) is 4.26. The Bertz CT molecular complexity index is 1100. The molecule has 0 heterocycles. The molecule has 0 aliphatic carbocycles. The minimum Gasteiger partial charge on any atom is -0.267 e. The van der Waals surface area contributed by atoms with Crippen LogP contribution in [0, 0.1) is 5.82 Å². The highest BCUT2D eigenvalue weighted by molar-refractivity contribution is 6.13. The van der Waals surface area contributed by atoms with Gasteiger partial charge in [-0.3, -0.25) is 4.79 Å². The molecule has 0 saturated carbocycles. The van der Waals surface area contributed by atoms with Crippen LogP contribution >= 0.6 is 0 Å². The number of nitrogens with one attached hydrogen (secondary N) is 1. The first kappa shape index (κ1) is 16.0. The molecule has 3 nitrogen and oxygen atoms in total. The Morgan fingerprint density at radius 3 is 2.15 bits per heavy atom. The van der Waals surface area contributed by atoms with Crippen LogP contribution in [0.25, 0.3) is 21.5 Å². The minimum absolute atomic E-state index is 0.227. The topological polar surface area (TPSA) is 41.5 Å². The van der Waals surface area contributed by atoms with Gasteiger partial charge in [-0.05, 0) is 45.8 Å². The molecule has 0 bridgehead atoms. The maximum Gasteiger partial charge on any atom is 0.271 e. The second kappa shape index (κ2) is 6.76. The van der Waals surface area contributed by atoms with Gasteiger partial charge in [0.25, 0.3) is 5.91 Å². The van der Waals surface area contributed by atoms with Crippen LogP contribution in [0.4, 0.5) is 4.39 Å². The van der Waals surface area contributed by atoms with Gasteiger partial charge in [-0.1, -0.05) is 54.6 Å². The van der Waals surface area contributed by atoms with E-state index in [9.17, 15) is 9.18 Å². The monoisotopic (exact) mass is 342 g/mol. The van der Waals surface area contributed by atoms with Crippen molar-refractivity contribution in [1.29, 1.82) is 0 Å². The van der Waals surface area contributed by atoms with Gasteiger partial charge in [-0.2, -0.15) is 5.10 Å². The first-order chi connectivity index (χ1) is 12.7. The van der Waals surface area contributed by atoms with E-state index in [2.05, 4.69) is 16.6 Å². The molecule has 126 valence electrons. The highest BCUT2D eigenvalue weighted by Gasteiger charge is 2.07. The van der Waals surface area contributed by atoms with E-state index in [1.165, 1.54) is 18.2 Å². The van der Waals surface area contributed by atoms with E-state index in [1.54, 1.807) is 12.3 Å². The van der Waals surface area contributed by atoms with Gasteiger partial charge in [0.05, 0.1) is 6.21 Å². The van der Waals surface area contributed by atoms with Crippen molar-refractivity contribution in [2.45, 2.75) is 0 Å². The van der Waals surface area contributed by atoms with Crippen LogP contribution in [0.1, 0.15) is 15.9 Å². The maximum atomic E-state index is 13.2. The third-order valence-electron chi connectivity index (χ3n) is 4.26. The predicted octanol–water partition coefficient (Wildman–Crippen LogP) is 4.90. The van der Waals surface area contributed by atoms with Crippen molar-refractivity contribution >= 4 is 33.7 Å². The lowest BCUT2D eigenvalue weighted by Gasteiger charge is -2.08. The second-order valence-corrected chi connectivity index (χ2v) is 5.94. The average molecular weight is 342 g/mol. The largest absolute Gasteiger partial charge is 0.271 e. The van der Waals surface area contributed by atoms with Gasteiger partial charge < -0.3 is 0 Å². The van der Waals surface area contributed by atoms with Crippen LogP contribution in [-0.2, 0) is 0 Å². The summed E-state index contributed by atoms with van der Waals surface area (Å²) in [6.07, 6.45) is 1.64. The average Bonchev–Trinajstić information content (AvgIpc) is 2.67. The fraction of sp³-hybridized carbons (Fsp3) is 0. The van der Waals surface area contributed by atoms with Crippen LogP contribution in [0.3, 0.4) is 0 Å². The SMILES string of the molecule is O=C(NN=Cc1c2ccccc2cc2ccccc12)c1cccc(F)c1. The lowest BCUT2D eigenvalue weighted by atomic mass is 9.97. The van der Waals surface area contributed by atoms with Crippen molar-refractivity contribution in [2.24, 2.45) is 5.10 Å². The number of amides is 1. The standard InChI is InChI=1S/C22H15FN2O/c23-18-9-5-8-17(13-18)22(26)25-24-14-21-19-10-3-1-6-15(19)12-16-7-2-4-11-20(16)21/h1-14H,(H,25,26). The lowest BCUT2D eigenvalue weighted by molar-refractivity contribution is 0.0954. The number of halogens is 1. The molecule has 0 saturated heterocycles. The molecule has 4 aromatic carbocycles. The number of hydrogen-bond acceptors (Lipinski definition) is 2. The summed E-state index contributed by atoms with van der Waals surface area (Å²) < 4.78 is 13.2. The van der Waals surface area contributed by atoms with E-state index in [-0.39, 0.29) is 5.56 Å². The van der Waals surface area contributed by atoms with Gasteiger partial charge in [-0.25, -0.2) is 9.82 Å². The normalized spacial score (nSPS) is 11.3. The summed E-state index contributed by atoms with van der Waals surface area (Å²) in [5.41, 5.74) is 3.62. The Morgan fingerprint density at radius 2 is 1.50 bits per heavy atom. The molecule has 0 atom stereocenters. The minimum atomic E-state index is -0.457. The zero-order valence-electron chi connectivity index (χ0n) is 13.8. The number of nitrogens with zero attached hydrogens (tertiary/aromatic N) is 1. The molecule has 4 heteroatoms. The zero-order valence-corrected chi connectivity index (χ0v) is 13.8. The molecule has 1 amide bonds. The van der Waals surface area contributed by atoms with Crippen LogP contribution in [0.2, 0.25) is 0 Å². The van der Waals surface area contributed by atoms with E-state index >= 15 is 0 Å². The Morgan fingerprint density at radius 1 is 0.846 bits per heavy atom. The van der Waals surface area contributed by atoms with Gasteiger partial charge in [0.15, 0.2) is 0 Å². The van der Waals surface area contributed by atoms with Crippen LogP contribution in [0.15, 0.2) is 84.0 Å². The number of hydrazone groups is 1. The molecule has 0 aliphatic rings. The molecule has 0 aliphatic heterocycles. The van der Waals surface area contributed by atoms with Crippen molar-refractivity contribution < 1.29 is 9.18 Å². The van der Waals surface area contributed by atoms with E-state index in [1.807, 2.05) is 48.5 Å². The number of benzene rings is 4. The molecule has 0 radical (unpaired) electrons. The first-order valence-electron chi connectivity index (χ1n) is 8.22. The van der Waals surface area contributed by atoms with Gasteiger partial charge in [-0.15, -0.1) is 0 Å². The summed E-state index contributed by atoms with van der Waals surface area (Å²) >= 11 is 0. The molecular weight excluding hydrogens is 327 g/mol. The molecule has 4 rings (SSSR count). The summed E-state index contributed by atoms with van der Waals surface area (Å²) in [7, 11) is 0. The quantitative estimate of drug-likeness (QED) is 0.321. The van der Waals surface area contributed by atoms with E-state index in [4.69, 9.17) is 0 Å². The molecule has 0 aromatic heterocycles. The summed E-state index contributed by atoms with van der Waals surface area (Å²) in [4.78, 5) is 12.1. The van der Waals surface area contributed by atoms with E-state index in [0.29, 0.717) is 0 Å². The molecule has 1 N–H and O–H groups in total. The van der Waals surface area contributed by atoms with Gasteiger partial charge >= 0.3 is 0 Å². The number of rotatable bonds is 3. The van der Waals surface area contributed by atoms with Crippen molar-refractivity contribution in [2.75, 3.05) is 0 Å². The van der Waals surface area contributed by atoms with Crippen LogP contribution in [0.5, 0.6) is 0 Å². The Balaban J connectivity index is 1.71. The molecule has 0 spiro atoms. The first-order valence-corrected chi connectivity index (χ1v) is 8.22. The zero-order chi connectivity index (χ0) is 17.9. The summed E-state index contributed by atoms with van der Waals surface area (Å²) in [5.74, 6) is -0.910.